The van der Waals surface area contributed by atoms with E-state index in [4.69, 9.17) is 14.7 Å². The molecule has 0 bridgehead atoms. The van der Waals surface area contributed by atoms with Gasteiger partial charge in [-0.1, -0.05) is 0 Å². The Bertz CT molecular complexity index is 226. The highest BCUT2D eigenvalue weighted by Crippen LogP contribution is 2.38. The third-order valence-corrected chi connectivity index (χ3v) is 2.91. The molecular weight excluding hydrogens is 182 g/mol. The molecule has 2 unspecified atom stereocenters. The van der Waals surface area contributed by atoms with Crippen LogP contribution in [0.1, 0.15) is 19.8 Å². The van der Waals surface area contributed by atoms with Crippen LogP contribution in [-0.4, -0.2) is 37.6 Å². The molecule has 0 spiro atoms. The van der Waals surface area contributed by atoms with E-state index >= 15 is 0 Å². The quantitative estimate of drug-likeness (QED) is 0.727. The van der Waals surface area contributed by atoms with E-state index in [-0.39, 0.29) is 6.61 Å². The van der Waals surface area contributed by atoms with Crippen LogP contribution in [0.25, 0.3) is 0 Å². The average Bonchev–Trinajstić information content (AvgIpc) is 2.18. The highest BCUT2D eigenvalue weighted by molar-refractivity contribution is 5.11. The molecule has 80 valence electrons. The Morgan fingerprint density at radius 3 is 2.86 bits per heavy atom. The number of ether oxygens (including phenoxy) is 2. The lowest BCUT2D eigenvalue weighted by Gasteiger charge is -2.41. The summed E-state index contributed by atoms with van der Waals surface area (Å²) in [5, 5.41) is 19.3. The minimum Gasteiger partial charge on any atom is -0.386 e. The van der Waals surface area contributed by atoms with Crippen LogP contribution in [0.4, 0.5) is 0 Å². The average molecular weight is 199 g/mol. The maximum Gasteiger partial charge on any atom is 0.111 e. The van der Waals surface area contributed by atoms with E-state index in [1.807, 2.05) is 0 Å². The van der Waals surface area contributed by atoms with Gasteiger partial charge in [-0.15, -0.1) is 0 Å². The number of methoxy groups -OCH3 is 1. The second-order valence-electron chi connectivity index (χ2n) is 4.06. The number of nitrogens with zero attached hydrogens (tertiary/aromatic N) is 1. The molecule has 4 heteroatoms. The summed E-state index contributed by atoms with van der Waals surface area (Å²) in [6.07, 6.45) is 1.48. The number of hydrogen-bond acceptors (Lipinski definition) is 4. The topological polar surface area (TPSA) is 62.5 Å². The highest BCUT2D eigenvalue weighted by atomic mass is 16.5. The van der Waals surface area contributed by atoms with Crippen LogP contribution >= 0.6 is 0 Å². The van der Waals surface area contributed by atoms with Crippen LogP contribution in [-0.2, 0) is 9.47 Å². The number of rotatable bonds is 3. The van der Waals surface area contributed by atoms with E-state index in [1.165, 1.54) is 7.11 Å². The van der Waals surface area contributed by atoms with Crippen LogP contribution in [0.2, 0.25) is 0 Å². The molecule has 0 amide bonds. The van der Waals surface area contributed by atoms with Crippen molar-refractivity contribution in [2.45, 2.75) is 25.4 Å². The fourth-order valence-corrected chi connectivity index (χ4v) is 1.85. The van der Waals surface area contributed by atoms with Gasteiger partial charge in [-0.2, -0.15) is 5.26 Å². The van der Waals surface area contributed by atoms with Gasteiger partial charge in [-0.3, -0.25) is 0 Å². The number of aliphatic hydroxyl groups is 1. The summed E-state index contributed by atoms with van der Waals surface area (Å²) in [6, 6.07) is 2.19. The van der Waals surface area contributed by atoms with E-state index in [2.05, 4.69) is 6.07 Å². The highest BCUT2D eigenvalue weighted by Gasteiger charge is 2.49. The fourth-order valence-electron chi connectivity index (χ4n) is 1.85. The molecule has 1 saturated heterocycles. The van der Waals surface area contributed by atoms with Gasteiger partial charge in [0.2, 0.25) is 0 Å². The maximum atomic E-state index is 10.2. The summed E-state index contributed by atoms with van der Waals surface area (Å²) >= 11 is 0. The van der Waals surface area contributed by atoms with Gasteiger partial charge < -0.3 is 14.6 Å². The molecule has 1 aliphatic rings. The van der Waals surface area contributed by atoms with Gasteiger partial charge in [-0.05, 0) is 19.8 Å². The van der Waals surface area contributed by atoms with E-state index in [0.29, 0.717) is 19.6 Å². The molecule has 4 nitrogen and oxygen atoms in total. The lowest BCUT2D eigenvalue weighted by Crippen LogP contribution is -2.52. The first-order chi connectivity index (χ1) is 6.58. The van der Waals surface area contributed by atoms with Crippen molar-refractivity contribution in [3.63, 3.8) is 0 Å². The summed E-state index contributed by atoms with van der Waals surface area (Å²) in [7, 11) is 1.52. The van der Waals surface area contributed by atoms with Crippen molar-refractivity contribution in [2.75, 3.05) is 26.9 Å². The van der Waals surface area contributed by atoms with Crippen molar-refractivity contribution >= 4 is 0 Å². The van der Waals surface area contributed by atoms with Crippen molar-refractivity contribution < 1.29 is 14.6 Å². The van der Waals surface area contributed by atoms with E-state index in [9.17, 15) is 5.11 Å². The zero-order chi connectivity index (χ0) is 10.7. The Labute approximate surface area is 84.4 Å². The molecule has 0 aromatic carbocycles. The number of hydrogen-bond donors (Lipinski definition) is 1. The molecule has 0 saturated carbocycles. The first kappa shape index (κ1) is 11.4. The molecule has 0 aliphatic carbocycles. The monoisotopic (exact) mass is 199 g/mol. The van der Waals surface area contributed by atoms with Gasteiger partial charge in [0.05, 0.1) is 19.3 Å². The second-order valence-corrected chi connectivity index (χ2v) is 4.06. The molecule has 1 aliphatic heterocycles. The smallest absolute Gasteiger partial charge is 0.111 e. The summed E-state index contributed by atoms with van der Waals surface area (Å²) in [5.41, 5.74) is -1.96. The normalized spacial score (nSPS) is 31.9. The SMILES string of the molecule is COCC(C)(O)C1(C#N)CCCOC1. The Balaban J connectivity index is 2.82. The summed E-state index contributed by atoms with van der Waals surface area (Å²) in [6.45, 7) is 2.75. The lowest BCUT2D eigenvalue weighted by atomic mass is 9.70. The summed E-state index contributed by atoms with van der Waals surface area (Å²) in [4.78, 5) is 0. The molecule has 1 heterocycles. The van der Waals surface area contributed by atoms with E-state index in [0.717, 1.165) is 6.42 Å². The van der Waals surface area contributed by atoms with Gasteiger partial charge in [0, 0.05) is 13.7 Å². The Morgan fingerprint density at radius 1 is 1.71 bits per heavy atom. The third-order valence-electron chi connectivity index (χ3n) is 2.91. The van der Waals surface area contributed by atoms with Gasteiger partial charge in [-0.25, -0.2) is 0 Å². The van der Waals surface area contributed by atoms with Crippen molar-refractivity contribution in [2.24, 2.45) is 5.41 Å². The van der Waals surface area contributed by atoms with Gasteiger partial charge in [0.15, 0.2) is 0 Å². The van der Waals surface area contributed by atoms with Crippen LogP contribution in [0, 0.1) is 16.7 Å². The molecule has 0 aromatic heterocycles. The molecule has 1 fully saturated rings. The molecule has 0 aromatic rings. The van der Waals surface area contributed by atoms with Crippen LogP contribution in [0.15, 0.2) is 0 Å². The predicted octanol–water partition coefficient (Wildman–Crippen LogP) is 0.704. The summed E-state index contributed by atoms with van der Waals surface area (Å²) in [5.74, 6) is 0. The molecule has 2 atom stereocenters. The lowest BCUT2D eigenvalue weighted by molar-refractivity contribution is -0.135. The Morgan fingerprint density at radius 2 is 2.43 bits per heavy atom. The first-order valence-electron chi connectivity index (χ1n) is 4.78. The molecule has 0 radical (unpaired) electrons. The maximum absolute atomic E-state index is 10.2. The van der Waals surface area contributed by atoms with Crippen molar-refractivity contribution in [1.29, 1.82) is 5.26 Å². The first-order valence-corrected chi connectivity index (χ1v) is 4.78. The minimum atomic E-state index is -1.14. The zero-order valence-corrected chi connectivity index (χ0v) is 8.75. The van der Waals surface area contributed by atoms with E-state index < -0.39 is 11.0 Å². The predicted molar refractivity (Wildman–Crippen MR) is 50.6 cm³/mol. The second kappa shape index (κ2) is 4.26. The van der Waals surface area contributed by atoms with Crippen LogP contribution in [0.5, 0.6) is 0 Å². The van der Waals surface area contributed by atoms with Crippen molar-refractivity contribution in [1.82, 2.24) is 0 Å². The number of nitriles is 1. The van der Waals surface area contributed by atoms with Crippen LogP contribution in [0.3, 0.4) is 0 Å². The molecule has 1 rings (SSSR count). The molecule has 1 N–H and O–H groups in total. The van der Waals surface area contributed by atoms with Gasteiger partial charge in [0.1, 0.15) is 11.0 Å². The fraction of sp³-hybridized carbons (Fsp3) is 0.900. The Kier molecular flexibility index (Phi) is 3.48. The van der Waals surface area contributed by atoms with E-state index in [1.54, 1.807) is 6.92 Å². The largest absolute Gasteiger partial charge is 0.386 e. The summed E-state index contributed by atoms with van der Waals surface area (Å²) < 4.78 is 10.2. The minimum absolute atomic E-state index is 0.157. The standard InChI is InChI=1S/C10H17NO3/c1-9(12,7-13-2)10(6-11)4-3-5-14-8-10/h12H,3-5,7-8H2,1-2H3. The van der Waals surface area contributed by atoms with Gasteiger partial charge >= 0.3 is 0 Å². The third kappa shape index (κ3) is 1.90. The molecule has 14 heavy (non-hydrogen) atoms. The van der Waals surface area contributed by atoms with Crippen molar-refractivity contribution in [3.8, 4) is 6.07 Å². The Hall–Kier alpha value is -0.630. The van der Waals surface area contributed by atoms with Gasteiger partial charge in [0.25, 0.3) is 0 Å². The molecular formula is C10H17NO3. The van der Waals surface area contributed by atoms with Crippen LogP contribution < -0.4 is 0 Å². The van der Waals surface area contributed by atoms with Crippen molar-refractivity contribution in [3.05, 3.63) is 0 Å². The zero-order valence-electron chi connectivity index (χ0n) is 8.75.